The van der Waals surface area contributed by atoms with Crippen molar-refractivity contribution in [1.82, 2.24) is 5.32 Å². The van der Waals surface area contributed by atoms with Crippen molar-refractivity contribution in [3.63, 3.8) is 0 Å². The van der Waals surface area contributed by atoms with E-state index >= 15 is 0 Å². The Balaban J connectivity index is 0.000000359. The third-order valence-corrected chi connectivity index (χ3v) is 7.21. The molecular formula is C22H39NO. The molecule has 138 valence electrons. The first-order chi connectivity index (χ1) is 10.9. The lowest BCUT2D eigenvalue weighted by Crippen LogP contribution is -2.49. The number of carbonyl (C=O) groups excluding carboxylic acids is 1. The zero-order valence-corrected chi connectivity index (χ0v) is 15.5. The Labute approximate surface area is 150 Å². The summed E-state index contributed by atoms with van der Waals surface area (Å²) in [6.45, 7) is 7.68. The van der Waals surface area contributed by atoms with Crippen LogP contribution in [-0.4, -0.2) is 13.0 Å². The van der Waals surface area contributed by atoms with Crippen molar-refractivity contribution in [1.29, 1.82) is 0 Å². The van der Waals surface area contributed by atoms with Crippen LogP contribution >= 0.6 is 0 Å². The van der Waals surface area contributed by atoms with Crippen molar-refractivity contribution in [3.05, 3.63) is 0 Å². The smallest absolute Gasteiger partial charge is 0.295 e. The minimum Gasteiger partial charge on any atom is -0.348 e. The lowest BCUT2D eigenvalue weighted by molar-refractivity contribution is -0.115. The van der Waals surface area contributed by atoms with Gasteiger partial charge in [0.1, 0.15) is 0 Å². The molecule has 5 unspecified atom stereocenters. The van der Waals surface area contributed by atoms with Gasteiger partial charge in [0, 0.05) is 7.05 Å². The number of hydrogen-bond acceptors (Lipinski definition) is 1. The summed E-state index contributed by atoms with van der Waals surface area (Å²) >= 11 is 0. The fourth-order valence-corrected chi connectivity index (χ4v) is 6.07. The predicted octanol–water partition coefficient (Wildman–Crippen LogP) is 5.28. The van der Waals surface area contributed by atoms with Crippen LogP contribution in [0.15, 0.2) is 0 Å². The molecule has 0 heterocycles. The summed E-state index contributed by atoms with van der Waals surface area (Å²) < 4.78 is 0. The van der Waals surface area contributed by atoms with E-state index in [0.29, 0.717) is 0 Å². The average Bonchev–Trinajstić information content (AvgIpc) is 2.54. The highest BCUT2D eigenvalue weighted by molar-refractivity contribution is 5.92. The number of nitrogens with one attached hydrogen (secondary N) is 1. The van der Waals surface area contributed by atoms with Crippen LogP contribution in [0, 0.1) is 47.3 Å². The van der Waals surface area contributed by atoms with Gasteiger partial charge in [0.2, 0.25) is 0 Å². The van der Waals surface area contributed by atoms with Crippen molar-refractivity contribution in [3.8, 4) is 12.3 Å². The molecule has 0 radical (unpaired) electrons. The number of rotatable bonds is 0. The maximum Gasteiger partial charge on any atom is 0.295 e. The third kappa shape index (κ3) is 4.35. The Kier molecular flexibility index (Phi) is 7.84. The summed E-state index contributed by atoms with van der Waals surface area (Å²) in [7, 11) is 1.49. The first-order valence-corrected chi connectivity index (χ1v) is 9.60. The van der Waals surface area contributed by atoms with Gasteiger partial charge in [-0.2, -0.15) is 0 Å². The predicted molar refractivity (Wildman–Crippen MR) is 103 cm³/mol. The van der Waals surface area contributed by atoms with E-state index in [0.717, 1.165) is 35.0 Å². The van der Waals surface area contributed by atoms with E-state index in [1.807, 2.05) is 5.92 Å². The molecule has 0 spiro atoms. The van der Waals surface area contributed by atoms with E-state index in [9.17, 15) is 4.79 Å². The lowest BCUT2D eigenvalue weighted by Gasteiger charge is -2.58. The SMILES string of the molecule is C.C#CC(=O)NC.CC1CCC2C(CCC3C(C)CCC[C@]32C)C1. The normalized spacial score (nSPS) is 40.4. The molecule has 0 aromatic heterocycles. The quantitative estimate of drug-likeness (QED) is 0.601. The molecule has 24 heavy (non-hydrogen) atoms. The molecule has 1 amide bonds. The molecule has 3 aliphatic carbocycles. The van der Waals surface area contributed by atoms with Crippen LogP contribution in [0.5, 0.6) is 0 Å². The zero-order chi connectivity index (χ0) is 17.0. The van der Waals surface area contributed by atoms with Crippen LogP contribution in [0.2, 0.25) is 0 Å². The Morgan fingerprint density at radius 1 is 1.12 bits per heavy atom. The number of carbonyl (C=O) groups is 1. The maximum atomic E-state index is 9.83. The average molecular weight is 334 g/mol. The summed E-state index contributed by atoms with van der Waals surface area (Å²) in [6, 6.07) is 0. The first kappa shape index (κ1) is 21.1. The number of hydrogen-bond donors (Lipinski definition) is 1. The van der Waals surface area contributed by atoms with E-state index < -0.39 is 0 Å². The van der Waals surface area contributed by atoms with Crippen molar-refractivity contribution in [2.75, 3.05) is 7.05 Å². The van der Waals surface area contributed by atoms with Gasteiger partial charge in [-0.3, -0.25) is 4.79 Å². The van der Waals surface area contributed by atoms with Crippen LogP contribution < -0.4 is 5.32 Å². The van der Waals surface area contributed by atoms with Gasteiger partial charge >= 0.3 is 0 Å². The van der Waals surface area contributed by atoms with Crippen LogP contribution in [0.3, 0.4) is 0 Å². The molecule has 0 aliphatic heterocycles. The summed E-state index contributed by atoms with van der Waals surface area (Å²) in [5.74, 6) is 6.74. The van der Waals surface area contributed by atoms with Crippen LogP contribution in [-0.2, 0) is 4.79 Å². The second-order valence-corrected chi connectivity index (χ2v) is 8.57. The maximum absolute atomic E-state index is 9.83. The topological polar surface area (TPSA) is 29.1 Å². The number of amides is 1. The molecule has 0 bridgehead atoms. The fraction of sp³-hybridized carbons (Fsp3) is 0.864. The standard InChI is InChI=1S/C17H30.C4H5NO.CH4/c1-12-6-8-16-14(11-12)7-9-15-13(2)5-4-10-17(15,16)3;1-3-4(6)5-2;/h12-16H,4-11H2,1-3H3;1H,2H3,(H,5,6);1H4/t12?,13?,14?,15?,16?,17-;;/m1../s1. The highest BCUT2D eigenvalue weighted by Crippen LogP contribution is 2.60. The van der Waals surface area contributed by atoms with Gasteiger partial charge in [-0.25, -0.2) is 0 Å². The van der Waals surface area contributed by atoms with Gasteiger partial charge in [-0.1, -0.05) is 47.5 Å². The molecule has 3 rings (SSSR count). The van der Waals surface area contributed by atoms with Crippen molar-refractivity contribution >= 4 is 5.91 Å². The molecule has 1 N–H and O–H groups in total. The second kappa shape index (κ2) is 8.93. The lowest BCUT2D eigenvalue weighted by atomic mass is 9.47. The Morgan fingerprint density at radius 3 is 2.38 bits per heavy atom. The Bertz CT molecular complexity index is 451. The molecule has 3 saturated carbocycles. The Hall–Kier alpha value is -0.970. The van der Waals surface area contributed by atoms with Gasteiger partial charge in [-0.05, 0) is 73.0 Å². The highest BCUT2D eigenvalue weighted by atomic mass is 16.1. The number of fused-ring (bicyclic) bond motifs is 3. The minimum absolute atomic E-state index is 0. The number of terminal acetylenes is 1. The zero-order valence-electron chi connectivity index (χ0n) is 15.5. The van der Waals surface area contributed by atoms with E-state index in [-0.39, 0.29) is 13.3 Å². The largest absolute Gasteiger partial charge is 0.348 e. The monoisotopic (exact) mass is 333 g/mol. The van der Waals surface area contributed by atoms with Gasteiger partial charge < -0.3 is 5.32 Å². The van der Waals surface area contributed by atoms with Crippen LogP contribution in [0.1, 0.15) is 79.6 Å². The molecule has 2 heteroatoms. The fourth-order valence-electron chi connectivity index (χ4n) is 6.07. The summed E-state index contributed by atoms with van der Waals surface area (Å²) in [5, 5.41) is 2.24. The van der Waals surface area contributed by atoms with Crippen molar-refractivity contribution in [2.24, 2.45) is 35.0 Å². The van der Waals surface area contributed by atoms with E-state index in [1.54, 1.807) is 25.7 Å². The molecule has 0 aromatic rings. The molecule has 3 fully saturated rings. The van der Waals surface area contributed by atoms with Crippen molar-refractivity contribution in [2.45, 2.75) is 79.6 Å². The van der Waals surface area contributed by atoms with Crippen LogP contribution in [0.4, 0.5) is 0 Å². The first-order valence-electron chi connectivity index (χ1n) is 9.60. The molecule has 0 aromatic carbocycles. The van der Waals surface area contributed by atoms with E-state index in [2.05, 4.69) is 32.5 Å². The molecule has 6 atom stereocenters. The second-order valence-electron chi connectivity index (χ2n) is 8.57. The van der Waals surface area contributed by atoms with Crippen molar-refractivity contribution < 1.29 is 4.79 Å². The third-order valence-electron chi connectivity index (χ3n) is 7.21. The molecule has 2 nitrogen and oxygen atoms in total. The van der Waals surface area contributed by atoms with Gasteiger partial charge in [-0.15, -0.1) is 6.42 Å². The minimum atomic E-state index is -0.380. The van der Waals surface area contributed by atoms with Gasteiger partial charge in [0.05, 0.1) is 0 Å². The Morgan fingerprint density at radius 2 is 1.79 bits per heavy atom. The molecule has 0 saturated heterocycles. The summed E-state index contributed by atoms with van der Waals surface area (Å²) in [5.41, 5.74) is 0.723. The highest BCUT2D eigenvalue weighted by Gasteiger charge is 2.51. The molecular weight excluding hydrogens is 294 g/mol. The van der Waals surface area contributed by atoms with Crippen LogP contribution in [0.25, 0.3) is 0 Å². The van der Waals surface area contributed by atoms with Gasteiger partial charge in [0.25, 0.3) is 5.91 Å². The van der Waals surface area contributed by atoms with E-state index in [1.165, 1.54) is 32.7 Å². The van der Waals surface area contributed by atoms with Gasteiger partial charge in [0.15, 0.2) is 0 Å². The summed E-state index contributed by atoms with van der Waals surface area (Å²) in [4.78, 5) is 9.83. The van der Waals surface area contributed by atoms with E-state index in [4.69, 9.17) is 0 Å². The molecule has 3 aliphatic rings. The summed E-state index contributed by atoms with van der Waals surface area (Å²) in [6.07, 6.45) is 16.9.